The molecule has 0 aliphatic carbocycles. The molecule has 0 aliphatic rings. The number of nitrogens with two attached hydrogens (primary N) is 1. The monoisotopic (exact) mass is 249 g/mol. The zero-order valence-electron chi connectivity index (χ0n) is 9.61. The van der Waals surface area contributed by atoms with Crippen LogP contribution < -0.4 is 5.73 Å². The van der Waals surface area contributed by atoms with Crippen LogP contribution >= 0.6 is 11.8 Å². The number of hydrogen-bond acceptors (Lipinski definition) is 5. The van der Waals surface area contributed by atoms with Crippen LogP contribution in [0.4, 0.5) is 0 Å². The van der Waals surface area contributed by atoms with Gasteiger partial charge in [-0.2, -0.15) is 0 Å². The predicted octanol–water partition coefficient (Wildman–Crippen LogP) is 2.64. The number of oxazole rings is 1. The molecule has 2 aromatic heterocycles. The van der Waals surface area contributed by atoms with Crippen molar-refractivity contribution < 1.29 is 4.42 Å². The second-order valence-corrected chi connectivity index (χ2v) is 4.79. The van der Waals surface area contributed by atoms with E-state index in [4.69, 9.17) is 10.2 Å². The van der Waals surface area contributed by atoms with Crippen LogP contribution in [0.2, 0.25) is 0 Å². The van der Waals surface area contributed by atoms with Crippen LogP contribution in [-0.2, 0) is 0 Å². The van der Waals surface area contributed by atoms with Crippen molar-refractivity contribution >= 4 is 11.8 Å². The third-order valence-corrected chi connectivity index (χ3v) is 3.79. The van der Waals surface area contributed by atoms with Gasteiger partial charge in [0.25, 0.3) is 5.22 Å². The highest BCUT2D eigenvalue weighted by Crippen LogP contribution is 2.36. The quantitative estimate of drug-likeness (QED) is 0.825. The number of hydrogen-bond donors (Lipinski definition) is 1. The standard InChI is InChI=1S/C12H15N3OS/c1-2-10(13)11(9-4-3-5-14-8-9)17-12-15-6-7-16-12/h3-8,10-11H,2,13H2,1H3. The number of pyridine rings is 1. The van der Waals surface area contributed by atoms with Gasteiger partial charge in [0.2, 0.25) is 0 Å². The first-order chi connectivity index (χ1) is 8.31. The van der Waals surface area contributed by atoms with E-state index in [1.54, 1.807) is 18.7 Å². The summed E-state index contributed by atoms with van der Waals surface area (Å²) in [6.45, 7) is 2.07. The molecule has 0 aromatic carbocycles. The van der Waals surface area contributed by atoms with E-state index in [1.165, 1.54) is 11.8 Å². The average Bonchev–Trinajstić information content (AvgIpc) is 2.89. The van der Waals surface area contributed by atoms with Crippen molar-refractivity contribution in [1.29, 1.82) is 0 Å². The van der Waals surface area contributed by atoms with Crippen LogP contribution in [0.25, 0.3) is 0 Å². The normalized spacial score (nSPS) is 14.5. The topological polar surface area (TPSA) is 64.9 Å². The maximum Gasteiger partial charge on any atom is 0.256 e. The van der Waals surface area contributed by atoms with Gasteiger partial charge in [-0.1, -0.05) is 24.8 Å². The van der Waals surface area contributed by atoms with Crippen molar-refractivity contribution in [1.82, 2.24) is 9.97 Å². The zero-order chi connectivity index (χ0) is 12.1. The van der Waals surface area contributed by atoms with Crippen molar-refractivity contribution in [3.63, 3.8) is 0 Å². The summed E-state index contributed by atoms with van der Waals surface area (Å²) >= 11 is 1.54. The smallest absolute Gasteiger partial charge is 0.256 e. The van der Waals surface area contributed by atoms with E-state index in [0.29, 0.717) is 5.22 Å². The second kappa shape index (κ2) is 5.84. The molecule has 2 heterocycles. The molecule has 90 valence electrons. The lowest BCUT2D eigenvalue weighted by atomic mass is 10.1. The van der Waals surface area contributed by atoms with Gasteiger partial charge < -0.3 is 10.2 Å². The van der Waals surface area contributed by atoms with Gasteiger partial charge in [-0.25, -0.2) is 4.98 Å². The van der Waals surface area contributed by atoms with E-state index in [9.17, 15) is 0 Å². The fraction of sp³-hybridized carbons (Fsp3) is 0.333. The summed E-state index contributed by atoms with van der Waals surface area (Å²) in [6, 6.07) is 4.00. The molecular weight excluding hydrogens is 234 g/mol. The molecule has 0 aliphatic heterocycles. The first-order valence-corrected chi connectivity index (χ1v) is 6.41. The molecule has 4 nitrogen and oxygen atoms in total. The largest absolute Gasteiger partial charge is 0.440 e. The highest BCUT2D eigenvalue weighted by atomic mass is 32.2. The molecule has 2 aromatic rings. The van der Waals surface area contributed by atoms with Gasteiger partial charge in [0.15, 0.2) is 0 Å². The molecule has 5 heteroatoms. The van der Waals surface area contributed by atoms with Crippen LogP contribution in [0, 0.1) is 0 Å². The van der Waals surface area contributed by atoms with Gasteiger partial charge >= 0.3 is 0 Å². The van der Waals surface area contributed by atoms with Crippen molar-refractivity contribution in [2.24, 2.45) is 5.73 Å². The van der Waals surface area contributed by atoms with E-state index in [-0.39, 0.29) is 11.3 Å². The van der Waals surface area contributed by atoms with Gasteiger partial charge in [0.1, 0.15) is 6.26 Å². The molecular formula is C12H15N3OS. The average molecular weight is 249 g/mol. The van der Waals surface area contributed by atoms with Crippen LogP contribution in [0.1, 0.15) is 24.2 Å². The van der Waals surface area contributed by atoms with Gasteiger partial charge in [0.05, 0.1) is 11.4 Å². The molecule has 0 bridgehead atoms. The Bertz CT molecular complexity index is 432. The lowest BCUT2D eigenvalue weighted by Gasteiger charge is -2.20. The Kier molecular flexibility index (Phi) is 4.17. The Morgan fingerprint density at radius 1 is 1.47 bits per heavy atom. The summed E-state index contributed by atoms with van der Waals surface area (Å²) in [4.78, 5) is 8.25. The Morgan fingerprint density at radius 2 is 2.35 bits per heavy atom. The Balaban J connectivity index is 2.20. The lowest BCUT2D eigenvalue weighted by Crippen LogP contribution is -2.25. The molecule has 0 fully saturated rings. The summed E-state index contributed by atoms with van der Waals surface area (Å²) < 4.78 is 5.26. The van der Waals surface area contributed by atoms with E-state index in [2.05, 4.69) is 16.9 Å². The minimum absolute atomic E-state index is 0.0519. The first-order valence-electron chi connectivity index (χ1n) is 5.53. The number of thioether (sulfide) groups is 1. The van der Waals surface area contributed by atoms with Gasteiger partial charge in [-0.05, 0) is 18.1 Å². The summed E-state index contributed by atoms with van der Waals surface area (Å²) in [5, 5.41) is 0.759. The van der Waals surface area contributed by atoms with E-state index in [1.807, 2.05) is 18.3 Å². The summed E-state index contributed by atoms with van der Waals surface area (Å²) in [5.41, 5.74) is 7.25. The predicted molar refractivity (Wildman–Crippen MR) is 67.6 cm³/mol. The Morgan fingerprint density at radius 3 is 2.94 bits per heavy atom. The molecule has 0 spiro atoms. The first kappa shape index (κ1) is 12.1. The van der Waals surface area contributed by atoms with Gasteiger partial charge in [-0.15, -0.1) is 0 Å². The van der Waals surface area contributed by atoms with Crippen LogP contribution in [-0.4, -0.2) is 16.0 Å². The summed E-state index contributed by atoms with van der Waals surface area (Å²) in [5.74, 6) is 0. The number of rotatable bonds is 5. The molecule has 2 atom stereocenters. The van der Waals surface area contributed by atoms with Crippen molar-refractivity contribution in [2.75, 3.05) is 0 Å². The minimum atomic E-state index is 0.0519. The third-order valence-electron chi connectivity index (χ3n) is 2.51. The van der Waals surface area contributed by atoms with E-state index in [0.717, 1.165) is 12.0 Å². The van der Waals surface area contributed by atoms with Crippen LogP contribution in [0.3, 0.4) is 0 Å². The molecule has 2 unspecified atom stereocenters. The van der Waals surface area contributed by atoms with E-state index < -0.39 is 0 Å². The lowest BCUT2D eigenvalue weighted by molar-refractivity contribution is 0.451. The maximum atomic E-state index is 6.15. The van der Waals surface area contributed by atoms with Crippen molar-refractivity contribution in [3.05, 3.63) is 42.5 Å². The molecule has 17 heavy (non-hydrogen) atoms. The SMILES string of the molecule is CCC(N)C(Sc1ncco1)c1cccnc1. The maximum absolute atomic E-state index is 6.15. The second-order valence-electron chi connectivity index (χ2n) is 3.69. The molecule has 2 rings (SSSR count). The van der Waals surface area contributed by atoms with E-state index >= 15 is 0 Å². The molecule has 0 saturated carbocycles. The zero-order valence-corrected chi connectivity index (χ0v) is 10.4. The Labute approximate surface area is 105 Å². The Hall–Kier alpha value is -1.33. The summed E-state index contributed by atoms with van der Waals surface area (Å²) in [6.07, 6.45) is 7.71. The van der Waals surface area contributed by atoms with Crippen molar-refractivity contribution in [2.45, 2.75) is 29.9 Å². The fourth-order valence-electron chi connectivity index (χ4n) is 1.54. The van der Waals surface area contributed by atoms with Gasteiger partial charge in [0, 0.05) is 18.4 Å². The molecule has 2 N–H and O–H groups in total. The van der Waals surface area contributed by atoms with Crippen molar-refractivity contribution in [3.8, 4) is 0 Å². The van der Waals surface area contributed by atoms with Crippen LogP contribution in [0.5, 0.6) is 0 Å². The molecule has 0 saturated heterocycles. The number of aromatic nitrogens is 2. The highest BCUT2D eigenvalue weighted by molar-refractivity contribution is 7.99. The van der Waals surface area contributed by atoms with Crippen LogP contribution in [0.15, 0.2) is 46.6 Å². The molecule has 0 amide bonds. The third kappa shape index (κ3) is 3.08. The number of nitrogens with zero attached hydrogens (tertiary/aromatic N) is 2. The molecule has 0 radical (unpaired) electrons. The van der Waals surface area contributed by atoms with Gasteiger partial charge in [-0.3, -0.25) is 4.98 Å². The highest BCUT2D eigenvalue weighted by Gasteiger charge is 2.21. The summed E-state index contributed by atoms with van der Waals surface area (Å²) in [7, 11) is 0. The minimum Gasteiger partial charge on any atom is -0.440 e. The fourth-order valence-corrected chi connectivity index (χ4v) is 2.63.